The van der Waals surface area contributed by atoms with Gasteiger partial charge in [-0.25, -0.2) is 4.39 Å². The van der Waals surface area contributed by atoms with Gasteiger partial charge in [-0.1, -0.05) is 34.1 Å². The highest BCUT2D eigenvalue weighted by molar-refractivity contribution is 9.10. The molecule has 2 rings (SSSR count). The van der Waals surface area contributed by atoms with Crippen molar-refractivity contribution in [2.24, 2.45) is 0 Å². The van der Waals surface area contributed by atoms with Crippen LogP contribution in [0.25, 0.3) is 0 Å². The maximum absolute atomic E-state index is 13.4. The molecular formula is C20H22BrFN2O3S. The molecule has 2 aromatic rings. The fourth-order valence-corrected chi connectivity index (χ4v) is 3.25. The smallest absolute Gasteiger partial charge is 0.258 e. The molecule has 0 aliphatic rings. The highest BCUT2D eigenvalue weighted by Gasteiger charge is 2.20. The van der Waals surface area contributed by atoms with Gasteiger partial charge in [0.25, 0.3) is 5.91 Å². The van der Waals surface area contributed by atoms with Crippen LogP contribution in [0.1, 0.15) is 12.0 Å². The number of hydrogen-bond acceptors (Lipinski definition) is 4. The van der Waals surface area contributed by atoms with Crippen molar-refractivity contribution in [1.82, 2.24) is 10.6 Å². The summed E-state index contributed by atoms with van der Waals surface area (Å²) in [6.45, 7) is -0.0220. The van der Waals surface area contributed by atoms with Crippen molar-refractivity contribution in [3.8, 4) is 5.75 Å². The molecule has 2 amide bonds. The topological polar surface area (TPSA) is 67.4 Å². The molecule has 0 aliphatic heterocycles. The van der Waals surface area contributed by atoms with E-state index in [1.165, 1.54) is 12.1 Å². The zero-order chi connectivity index (χ0) is 20.4. The number of para-hydroxylation sites is 1. The number of carbonyl (C=O) groups excluding carboxylic acids is 2. The quantitative estimate of drug-likeness (QED) is 0.559. The van der Waals surface area contributed by atoms with Gasteiger partial charge in [0, 0.05) is 11.0 Å². The largest absolute Gasteiger partial charge is 0.484 e. The summed E-state index contributed by atoms with van der Waals surface area (Å²) in [4.78, 5) is 24.7. The first-order chi connectivity index (χ1) is 13.5. The number of amides is 2. The zero-order valence-electron chi connectivity index (χ0n) is 15.4. The molecule has 0 spiro atoms. The maximum Gasteiger partial charge on any atom is 0.258 e. The molecule has 5 nitrogen and oxygen atoms in total. The van der Waals surface area contributed by atoms with Gasteiger partial charge in [-0.05, 0) is 54.3 Å². The molecule has 0 radical (unpaired) electrons. The van der Waals surface area contributed by atoms with E-state index < -0.39 is 6.04 Å². The number of thioether (sulfide) groups is 1. The summed E-state index contributed by atoms with van der Waals surface area (Å²) in [5.41, 5.74) is 0.621. The highest BCUT2D eigenvalue weighted by atomic mass is 79.9. The lowest BCUT2D eigenvalue weighted by Crippen LogP contribution is -2.48. The van der Waals surface area contributed by atoms with Crippen LogP contribution in [0, 0.1) is 5.82 Å². The van der Waals surface area contributed by atoms with Crippen LogP contribution < -0.4 is 15.4 Å². The molecule has 8 heteroatoms. The molecule has 1 unspecified atom stereocenters. The molecule has 2 N–H and O–H groups in total. The van der Waals surface area contributed by atoms with E-state index in [9.17, 15) is 14.0 Å². The monoisotopic (exact) mass is 468 g/mol. The van der Waals surface area contributed by atoms with Crippen LogP contribution in [0.2, 0.25) is 0 Å². The Morgan fingerprint density at radius 2 is 1.96 bits per heavy atom. The number of nitrogens with one attached hydrogen (secondary N) is 2. The first-order valence-electron chi connectivity index (χ1n) is 8.67. The van der Waals surface area contributed by atoms with Crippen LogP contribution in [0.5, 0.6) is 5.75 Å². The van der Waals surface area contributed by atoms with Crippen molar-refractivity contribution >= 4 is 39.5 Å². The molecule has 0 aliphatic carbocycles. The molecule has 0 saturated heterocycles. The average molecular weight is 469 g/mol. The van der Waals surface area contributed by atoms with E-state index in [4.69, 9.17) is 4.74 Å². The van der Waals surface area contributed by atoms with E-state index in [1.54, 1.807) is 30.0 Å². The number of halogens is 2. The van der Waals surface area contributed by atoms with Gasteiger partial charge in [-0.15, -0.1) is 0 Å². The van der Waals surface area contributed by atoms with Crippen LogP contribution in [0.15, 0.2) is 53.0 Å². The summed E-state index contributed by atoms with van der Waals surface area (Å²) in [5.74, 6) is 0.216. The molecule has 0 heterocycles. The van der Waals surface area contributed by atoms with E-state index >= 15 is 0 Å². The van der Waals surface area contributed by atoms with Crippen molar-refractivity contribution < 1.29 is 18.7 Å². The van der Waals surface area contributed by atoms with E-state index in [-0.39, 0.29) is 30.8 Å². The van der Waals surface area contributed by atoms with Crippen molar-refractivity contribution in [2.75, 3.05) is 18.6 Å². The number of benzene rings is 2. The minimum atomic E-state index is -0.688. The second kappa shape index (κ2) is 11.7. The Hall–Kier alpha value is -2.06. The van der Waals surface area contributed by atoms with Crippen molar-refractivity contribution in [3.63, 3.8) is 0 Å². The van der Waals surface area contributed by atoms with Gasteiger partial charge in [-0.3, -0.25) is 9.59 Å². The van der Waals surface area contributed by atoms with Crippen LogP contribution in [0.4, 0.5) is 4.39 Å². The Balaban J connectivity index is 1.90. The Bertz CT molecular complexity index is 792. The minimum absolute atomic E-state index is 0.156. The molecule has 1 atom stereocenters. The number of hydrogen-bond donors (Lipinski definition) is 2. The van der Waals surface area contributed by atoms with Gasteiger partial charge in [-0.2, -0.15) is 11.8 Å². The lowest BCUT2D eigenvalue weighted by Gasteiger charge is -2.18. The van der Waals surface area contributed by atoms with Crippen molar-refractivity contribution in [1.29, 1.82) is 0 Å². The zero-order valence-corrected chi connectivity index (χ0v) is 17.8. The fraction of sp³-hybridized carbons (Fsp3) is 0.300. The second-order valence-electron chi connectivity index (χ2n) is 5.96. The standard InChI is InChI=1S/C20H22BrFN2O3S/c1-28-10-9-18(24-19(25)13-27-16-5-3-2-4-6-16)20(26)23-12-14-11-15(22)7-8-17(14)21/h2-8,11,18H,9-10,12-13H2,1H3,(H,23,26)(H,24,25). The molecule has 2 aromatic carbocycles. The Morgan fingerprint density at radius 3 is 2.68 bits per heavy atom. The predicted octanol–water partition coefficient (Wildman–Crippen LogP) is 3.52. The second-order valence-corrected chi connectivity index (χ2v) is 7.80. The first kappa shape index (κ1) is 22.2. The van der Waals surface area contributed by atoms with Gasteiger partial charge in [0.1, 0.15) is 17.6 Å². The third-order valence-electron chi connectivity index (χ3n) is 3.84. The van der Waals surface area contributed by atoms with E-state index in [1.807, 2.05) is 24.5 Å². The minimum Gasteiger partial charge on any atom is -0.484 e. The van der Waals surface area contributed by atoms with Gasteiger partial charge in [0.2, 0.25) is 5.91 Å². The predicted molar refractivity (Wildman–Crippen MR) is 113 cm³/mol. The maximum atomic E-state index is 13.4. The van der Waals surface area contributed by atoms with Crippen molar-refractivity contribution in [2.45, 2.75) is 19.0 Å². The molecule has 0 saturated carbocycles. The van der Waals surface area contributed by atoms with E-state index in [2.05, 4.69) is 26.6 Å². The summed E-state index contributed by atoms with van der Waals surface area (Å²) in [5, 5.41) is 5.46. The SMILES string of the molecule is CSCCC(NC(=O)COc1ccccc1)C(=O)NCc1cc(F)ccc1Br. The van der Waals surface area contributed by atoms with Gasteiger partial charge < -0.3 is 15.4 Å². The number of rotatable bonds is 10. The van der Waals surface area contributed by atoms with Gasteiger partial charge >= 0.3 is 0 Å². The lowest BCUT2D eigenvalue weighted by atomic mass is 10.2. The fourth-order valence-electron chi connectivity index (χ4n) is 2.39. The van der Waals surface area contributed by atoms with Crippen LogP contribution >= 0.6 is 27.7 Å². The molecule has 0 fully saturated rings. The molecule has 0 bridgehead atoms. The third kappa shape index (κ3) is 7.52. The Morgan fingerprint density at radius 1 is 1.21 bits per heavy atom. The van der Waals surface area contributed by atoms with Crippen LogP contribution in [0.3, 0.4) is 0 Å². The number of ether oxygens (including phenoxy) is 1. The first-order valence-corrected chi connectivity index (χ1v) is 10.9. The van der Waals surface area contributed by atoms with E-state index in [0.717, 1.165) is 0 Å². The normalized spacial score (nSPS) is 11.5. The van der Waals surface area contributed by atoms with Crippen molar-refractivity contribution in [3.05, 3.63) is 64.4 Å². The Kier molecular flexibility index (Phi) is 9.30. The summed E-state index contributed by atoms with van der Waals surface area (Å²) < 4.78 is 19.5. The van der Waals surface area contributed by atoms with Crippen LogP contribution in [-0.4, -0.2) is 36.5 Å². The highest BCUT2D eigenvalue weighted by Crippen LogP contribution is 2.17. The van der Waals surface area contributed by atoms with Gasteiger partial charge in [0.05, 0.1) is 0 Å². The number of carbonyl (C=O) groups is 2. The lowest BCUT2D eigenvalue weighted by molar-refractivity contribution is -0.130. The van der Waals surface area contributed by atoms with E-state index in [0.29, 0.717) is 28.0 Å². The average Bonchev–Trinajstić information content (AvgIpc) is 2.70. The summed E-state index contributed by atoms with van der Waals surface area (Å²) in [7, 11) is 0. The Labute approximate surface area is 176 Å². The molecule has 150 valence electrons. The summed E-state index contributed by atoms with van der Waals surface area (Å²) in [6.07, 6.45) is 2.41. The molecular weight excluding hydrogens is 447 g/mol. The molecule has 28 heavy (non-hydrogen) atoms. The third-order valence-corrected chi connectivity index (χ3v) is 5.25. The summed E-state index contributed by atoms with van der Waals surface area (Å²) in [6, 6.07) is 12.6. The molecule has 0 aromatic heterocycles. The van der Waals surface area contributed by atoms with Gasteiger partial charge in [0.15, 0.2) is 6.61 Å². The van der Waals surface area contributed by atoms with Crippen LogP contribution in [-0.2, 0) is 16.1 Å². The summed E-state index contributed by atoms with van der Waals surface area (Å²) >= 11 is 4.92.